The molecule has 44 heavy (non-hydrogen) atoms. The summed E-state index contributed by atoms with van der Waals surface area (Å²) in [7, 11) is 3.46. The number of hydrogen-bond donors (Lipinski definition) is 0. The van der Waals surface area contributed by atoms with Crippen LogP contribution in [0.2, 0.25) is 0 Å². The fourth-order valence-corrected chi connectivity index (χ4v) is 3.90. The van der Waals surface area contributed by atoms with Gasteiger partial charge in [0.25, 0.3) is 5.69 Å². The molecule has 0 heterocycles. The van der Waals surface area contributed by atoms with Gasteiger partial charge in [-0.15, -0.1) is 11.6 Å². The first-order valence-corrected chi connectivity index (χ1v) is 13.5. The molecule has 0 radical (unpaired) electrons. The molecule has 0 fully saturated rings. The van der Waals surface area contributed by atoms with E-state index in [2.05, 4.69) is 4.74 Å². The number of hydrogen-bond acceptors (Lipinski definition) is 12. The summed E-state index contributed by atoms with van der Waals surface area (Å²) in [5.41, 5.74) is -2.92. The third-order valence-corrected chi connectivity index (χ3v) is 5.93. The van der Waals surface area contributed by atoms with Gasteiger partial charge in [-0.25, -0.2) is 19.2 Å². The predicted molar refractivity (Wildman–Crippen MR) is 156 cm³/mol. The first-order chi connectivity index (χ1) is 20.3. The zero-order valence-corrected chi connectivity index (χ0v) is 26.5. The number of carbonyl (C=O) groups is 4. The molecule has 2 atom stereocenters. The highest BCUT2D eigenvalue weighted by Gasteiger charge is 2.43. The molecule has 0 aliphatic carbocycles. The van der Waals surface area contributed by atoms with Gasteiger partial charge in [0.1, 0.15) is 22.1 Å². The minimum atomic E-state index is -1.80. The molecule has 0 spiro atoms. The SMILES string of the molecule is COC(=O)c1ccc(C(Cl)C(Oc2cc([N+](=O)[O-])c(C(=O)OC)cc2OC)N(C(=O)OC(C)(C)C)C(=O)OC(C)(C)C)cc1. The molecule has 14 nitrogen and oxygen atoms in total. The first kappa shape index (κ1) is 35.6. The summed E-state index contributed by atoms with van der Waals surface area (Å²) in [6.45, 7) is 9.39. The minimum absolute atomic E-state index is 0.185. The molecule has 0 aliphatic heterocycles. The van der Waals surface area contributed by atoms with Gasteiger partial charge in [-0.2, -0.15) is 4.90 Å². The summed E-state index contributed by atoms with van der Waals surface area (Å²) in [6, 6.07) is 7.54. The Morgan fingerprint density at radius 3 is 1.73 bits per heavy atom. The monoisotopic (exact) mass is 638 g/mol. The number of alkyl halides is 1. The van der Waals surface area contributed by atoms with Crippen LogP contribution in [0.5, 0.6) is 11.5 Å². The fraction of sp³-hybridized carbons (Fsp3) is 0.448. The van der Waals surface area contributed by atoms with Crippen LogP contribution < -0.4 is 9.47 Å². The van der Waals surface area contributed by atoms with Crippen molar-refractivity contribution in [3.05, 3.63) is 63.2 Å². The molecule has 2 unspecified atom stereocenters. The van der Waals surface area contributed by atoms with E-state index in [0.29, 0.717) is 4.90 Å². The number of esters is 2. The molecular weight excluding hydrogens is 604 g/mol. The van der Waals surface area contributed by atoms with Gasteiger partial charge in [0.05, 0.1) is 37.9 Å². The van der Waals surface area contributed by atoms with E-state index in [1.807, 2.05) is 0 Å². The maximum Gasteiger partial charge on any atom is 0.422 e. The van der Waals surface area contributed by atoms with Gasteiger partial charge in [-0.05, 0) is 59.2 Å². The molecule has 2 aromatic carbocycles. The van der Waals surface area contributed by atoms with Crippen molar-refractivity contribution in [2.75, 3.05) is 21.3 Å². The minimum Gasteiger partial charge on any atom is -0.493 e. The largest absolute Gasteiger partial charge is 0.493 e. The molecule has 0 aromatic heterocycles. The number of ether oxygens (including phenoxy) is 6. The van der Waals surface area contributed by atoms with Crippen LogP contribution >= 0.6 is 11.6 Å². The molecule has 240 valence electrons. The number of imide groups is 1. The normalized spacial score (nSPS) is 12.7. The number of carbonyl (C=O) groups excluding carboxylic acids is 4. The van der Waals surface area contributed by atoms with Crippen LogP contribution in [0.4, 0.5) is 15.3 Å². The van der Waals surface area contributed by atoms with Crippen LogP contribution in [-0.4, -0.2) is 72.7 Å². The van der Waals surface area contributed by atoms with Gasteiger partial charge in [0.15, 0.2) is 11.5 Å². The van der Waals surface area contributed by atoms with Crippen molar-refractivity contribution in [1.29, 1.82) is 0 Å². The summed E-state index contributed by atoms with van der Waals surface area (Å²) in [6.07, 6.45) is -4.23. The lowest BCUT2D eigenvalue weighted by Gasteiger charge is -2.35. The van der Waals surface area contributed by atoms with Crippen molar-refractivity contribution in [2.45, 2.75) is 64.3 Å². The van der Waals surface area contributed by atoms with Crippen molar-refractivity contribution in [1.82, 2.24) is 4.90 Å². The Hall–Kier alpha value is -4.59. The number of rotatable bonds is 9. The summed E-state index contributed by atoms with van der Waals surface area (Å²) in [5.74, 6) is -2.21. The maximum absolute atomic E-state index is 13.6. The Balaban J connectivity index is 2.83. The maximum atomic E-state index is 13.6. The van der Waals surface area contributed by atoms with Crippen LogP contribution in [0.15, 0.2) is 36.4 Å². The Kier molecular flexibility index (Phi) is 11.5. The smallest absolute Gasteiger partial charge is 0.422 e. The number of methoxy groups -OCH3 is 3. The number of amides is 2. The van der Waals surface area contributed by atoms with E-state index in [0.717, 1.165) is 19.2 Å². The van der Waals surface area contributed by atoms with Crippen LogP contribution in [0, 0.1) is 10.1 Å². The zero-order valence-electron chi connectivity index (χ0n) is 25.8. The summed E-state index contributed by atoms with van der Waals surface area (Å²) in [5, 5.41) is 10.5. The lowest BCUT2D eigenvalue weighted by atomic mass is 10.1. The second-order valence-corrected chi connectivity index (χ2v) is 11.6. The van der Waals surface area contributed by atoms with E-state index < -0.39 is 63.1 Å². The molecule has 15 heteroatoms. The Labute approximate surface area is 259 Å². The third-order valence-electron chi connectivity index (χ3n) is 5.47. The summed E-state index contributed by atoms with van der Waals surface area (Å²) >= 11 is 6.87. The van der Waals surface area contributed by atoms with Gasteiger partial charge < -0.3 is 28.4 Å². The third kappa shape index (κ3) is 9.20. The van der Waals surface area contributed by atoms with Crippen molar-refractivity contribution in [3.63, 3.8) is 0 Å². The van der Waals surface area contributed by atoms with E-state index in [1.165, 1.54) is 38.5 Å². The Morgan fingerprint density at radius 2 is 1.32 bits per heavy atom. The molecule has 2 aromatic rings. The van der Waals surface area contributed by atoms with E-state index in [1.54, 1.807) is 41.5 Å². The highest BCUT2D eigenvalue weighted by atomic mass is 35.5. The van der Waals surface area contributed by atoms with E-state index >= 15 is 0 Å². The lowest BCUT2D eigenvalue weighted by molar-refractivity contribution is -0.385. The molecule has 2 rings (SSSR count). The number of nitrogens with zero attached hydrogens (tertiary/aromatic N) is 2. The molecule has 0 saturated heterocycles. The van der Waals surface area contributed by atoms with E-state index in [-0.39, 0.29) is 22.6 Å². The molecule has 0 aliphatic rings. The molecular formula is C29H35ClN2O12. The van der Waals surface area contributed by atoms with Crippen molar-refractivity contribution in [3.8, 4) is 11.5 Å². The van der Waals surface area contributed by atoms with Crippen LogP contribution in [0.25, 0.3) is 0 Å². The number of halogens is 1. The second kappa shape index (κ2) is 14.3. The molecule has 0 N–H and O–H groups in total. The predicted octanol–water partition coefficient (Wildman–Crippen LogP) is 6.03. The quantitative estimate of drug-likeness (QED) is 0.0781. The van der Waals surface area contributed by atoms with Crippen LogP contribution in [-0.2, 0) is 18.9 Å². The van der Waals surface area contributed by atoms with Crippen molar-refractivity contribution in [2.24, 2.45) is 0 Å². The Morgan fingerprint density at radius 1 is 0.818 bits per heavy atom. The number of nitro benzene ring substituents is 1. The van der Waals surface area contributed by atoms with Gasteiger partial charge in [-0.3, -0.25) is 10.1 Å². The van der Waals surface area contributed by atoms with Crippen LogP contribution in [0.3, 0.4) is 0 Å². The number of benzene rings is 2. The van der Waals surface area contributed by atoms with Crippen molar-refractivity contribution < 1.29 is 52.5 Å². The van der Waals surface area contributed by atoms with E-state index in [4.69, 9.17) is 35.3 Å². The topological polar surface area (TPSA) is 170 Å². The second-order valence-electron chi connectivity index (χ2n) is 11.1. The van der Waals surface area contributed by atoms with Crippen molar-refractivity contribution >= 4 is 41.4 Å². The summed E-state index contributed by atoms with van der Waals surface area (Å²) in [4.78, 5) is 62.9. The average Bonchev–Trinajstić information content (AvgIpc) is 2.93. The fourth-order valence-electron chi connectivity index (χ4n) is 3.59. The summed E-state index contributed by atoms with van der Waals surface area (Å²) < 4.78 is 31.7. The highest BCUT2D eigenvalue weighted by molar-refractivity contribution is 6.21. The average molecular weight is 639 g/mol. The van der Waals surface area contributed by atoms with Gasteiger partial charge >= 0.3 is 24.1 Å². The van der Waals surface area contributed by atoms with Gasteiger partial charge in [-0.1, -0.05) is 12.1 Å². The molecule has 0 bridgehead atoms. The zero-order chi connectivity index (χ0) is 33.6. The Bertz CT molecular complexity index is 1370. The number of nitro groups is 1. The van der Waals surface area contributed by atoms with E-state index in [9.17, 15) is 29.3 Å². The van der Waals surface area contributed by atoms with Gasteiger partial charge in [0, 0.05) is 6.07 Å². The standard InChI is InChI=1S/C29H35ClN2O12/c1-28(2,3)43-26(35)31(27(36)44-29(4,5)6)23(22(30)16-10-12-17(13-11-16)24(33)40-8)42-21-15-19(32(37)38)18(25(34)41-9)14-20(21)39-7/h10-15,22-23H,1-9H3. The lowest BCUT2D eigenvalue weighted by Crippen LogP contribution is -2.52. The van der Waals surface area contributed by atoms with Crippen LogP contribution in [0.1, 0.15) is 73.2 Å². The molecule has 0 saturated carbocycles. The first-order valence-electron chi connectivity index (χ1n) is 13.0. The molecule has 2 amide bonds. The highest BCUT2D eigenvalue weighted by Crippen LogP contribution is 2.39. The van der Waals surface area contributed by atoms with Gasteiger partial charge in [0.2, 0.25) is 6.23 Å².